The van der Waals surface area contributed by atoms with Gasteiger partial charge in [-0.05, 0) is 23.8 Å². The average Bonchev–Trinajstić information content (AvgIpc) is 2.33. The summed E-state index contributed by atoms with van der Waals surface area (Å²) >= 11 is 6.34. The second kappa shape index (κ2) is 5.63. The number of rotatable bonds is 2. The molecule has 0 saturated heterocycles. The van der Waals surface area contributed by atoms with Gasteiger partial charge in [0, 0.05) is 16.1 Å². The highest BCUT2D eigenvalue weighted by atomic mass is 79.9. The highest BCUT2D eigenvalue weighted by Crippen LogP contribution is 2.37. The van der Waals surface area contributed by atoms with Gasteiger partial charge in [-0.2, -0.15) is 0 Å². The first-order valence-corrected chi connectivity index (χ1v) is 6.84. The molecule has 0 fully saturated rings. The van der Waals surface area contributed by atoms with Crippen molar-refractivity contribution >= 4 is 31.9 Å². The molecule has 0 nitrogen and oxygen atoms in total. The fourth-order valence-electron chi connectivity index (χ4n) is 1.61. The summed E-state index contributed by atoms with van der Waals surface area (Å²) in [6, 6.07) is 5.10. The van der Waals surface area contributed by atoms with Crippen LogP contribution in [0.1, 0.15) is 16.0 Å². The third kappa shape index (κ3) is 3.00. The molecule has 2 aromatic rings. The van der Waals surface area contributed by atoms with Gasteiger partial charge < -0.3 is 0 Å². The van der Waals surface area contributed by atoms with Gasteiger partial charge in [-0.3, -0.25) is 0 Å². The van der Waals surface area contributed by atoms with Gasteiger partial charge in [-0.1, -0.05) is 37.9 Å². The van der Waals surface area contributed by atoms with E-state index in [2.05, 4.69) is 31.9 Å². The van der Waals surface area contributed by atoms with Gasteiger partial charge in [0.15, 0.2) is 11.6 Å². The van der Waals surface area contributed by atoms with Gasteiger partial charge in [0.25, 0.3) is 0 Å². The zero-order valence-electron chi connectivity index (χ0n) is 9.23. The molecule has 1 unspecified atom stereocenters. The van der Waals surface area contributed by atoms with Gasteiger partial charge in [0.1, 0.15) is 11.6 Å². The molecule has 0 aromatic heterocycles. The maximum absolute atomic E-state index is 13.7. The number of hydrogen-bond donors (Lipinski definition) is 0. The first kappa shape index (κ1) is 14.5. The molecule has 2 aromatic carbocycles. The molecule has 0 aliphatic rings. The lowest BCUT2D eigenvalue weighted by Crippen LogP contribution is -2.01. The quantitative estimate of drug-likeness (QED) is 0.357. The molecule has 0 aliphatic heterocycles. The van der Waals surface area contributed by atoms with E-state index < -0.39 is 28.1 Å². The van der Waals surface area contributed by atoms with Crippen molar-refractivity contribution in [3.63, 3.8) is 0 Å². The van der Waals surface area contributed by atoms with E-state index in [0.29, 0.717) is 16.1 Å². The number of hydrogen-bond acceptors (Lipinski definition) is 0. The molecule has 6 heteroatoms. The van der Waals surface area contributed by atoms with Crippen molar-refractivity contribution < 1.29 is 17.6 Å². The monoisotopic (exact) mass is 396 g/mol. The number of alkyl halides is 1. The van der Waals surface area contributed by atoms with Crippen LogP contribution in [-0.4, -0.2) is 0 Å². The minimum absolute atomic E-state index is 0.0637. The van der Waals surface area contributed by atoms with Crippen molar-refractivity contribution in [2.24, 2.45) is 0 Å². The average molecular weight is 398 g/mol. The maximum Gasteiger partial charge on any atom is 0.161 e. The summed E-state index contributed by atoms with van der Waals surface area (Å²) in [4.78, 5) is -0.724. The highest BCUT2D eigenvalue weighted by Gasteiger charge is 2.20. The molecule has 1 atom stereocenters. The minimum Gasteiger partial charge on any atom is -0.207 e. The lowest BCUT2D eigenvalue weighted by molar-refractivity contribution is 0.491. The first-order valence-electron chi connectivity index (χ1n) is 5.13. The van der Waals surface area contributed by atoms with Crippen LogP contribution >= 0.6 is 31.9 Å². The Bertz CT molecular complexity index is 628. The van der Waals surface area contributed by atoms with Crippen LogP contribution in [0.2, 0.25) is 0 Å². The Labute approximate surface area is 123 Å². The zero-order valence-corrected chi connectivity index (χ0v) is 12.4. The predicted molar refractivity (Wildman–Crippen MR) is 71.2 cm³/mol. The highest BCUT2D eigenvalue weighted by molar-refractivity contribution is 9.11. The molecule has 2 rings (SSSR count). The molecule has 0 saturated carbocycles. The summed E-state index contributed by atoms with van der Waals surface area (Å²) in [6.45, 7) is 0. The van der Waals surface area contributed by atoms with E-state index in [4.69, 9.17) is 0 Å². The van der Waals surface area contributed by atoms with Gasteiger partial charge in [-0.15, -0.1) is 0 Å². The van der Waals surface area contributed by atoms with Crippen LogP contribution < -0.4 is 0 Å². The van der Waals surface area contributed by atoms with Crippen LogP contribution in [0, 0.1) is 23.3 Å². The van der Waals surface area contributed by atoms with E-state index in [1.807, 2.05) is 0 Å². The van der Waals surface area contributed by atoms with E-state index >= 15 is 0 Å². The van der Waals surface area contributed by atoms with E-state index in [0.717, 1.165) is 6.07 Å². The van der Waals surface area contributed by atoms with E-state index in [1.165, 1.54) is 18.2 Å². The van der Waals surface area contributed by atoms with Crippen LogP contribution in [0.5, 0.6) is 0 Å². The van der Waals surface area contributed by atoms with Crippen molar-refractivity contribution in [3.05, 3.63) is 69.2 Å². The maximum atomic E-state index is 13.7. The third-order valence-electron chi connectivity index (χ3n) is 2.55. The number of benzene rings is 2. The fourth-order valence-corrected chi connectivity index (χ4v) is 3.24. The standard InChI is InChI=1S/C13H6Br2F4/c14-9-3-6(16)1-2-7(9)13(15)8-4-11(18)12(19)5-10(8)17/h1-5,13H. The predicted octanol–water partition coefficient (Wildman–Crippen LogP) is 5.49. The third-order valence-corrected chi connectivity index (χ3v) is 4.22. The molecule has 0 bridgehead atoms. The lowest BCUT2D eigenvalue weighted by Gasteiger charge is -2.14. The molecule has 0 aliphatic carbocycles. The Hall–Kier alpha value is -0.880. The van der Waals surface area contributed by atoms with Crippen LogP contribution in [-0.2, 0) is 0 Å². The molecule has 0 spiro atoms. The Morgan fingerprint density at radius 3 is 2.05 bits per heavy atom. The fraction of sp³-hybridized carbons (Fsp3) is 0.0769. The Kier molecular flexibility index (Phi) is 4.30. The Morgan fingerprint density at radius 2 is 1.42 bits per heavy atom. The van der Waals surface area contributed by atoms with Gasteiger partial charge in [0.05, 0.1) is 4.83 Å². The Morgan fingerprint density at radius 1 is 0.789 bits per heavy atom. The second-order valence-electron chi connectivity index (χ2n) is 3.82. The molecule has 0 heterocycles. The lowest BCUT2D eigenvalue weighted by atomic mass is 10.0. The van der Waals surface area contributed by atoms with E-state index in [-0.39, 0.29) is 5.56 Å². The second-order valence-corrected chi connectivity index (χ2v) is 5.59. The van der Waals surface area contributed by atoms with Crippen LogP contribution in [0.15, 0.2) is 34.8 Å². The minimum atomic E-state index is -1.25. The first-order chi connectivity index (χ1) is 8.90. The molecule has 0 N–H and O–H groups in total. The van der Waals surface area contributed by atoms with Crippen molar-refractivity contribution in [3.8, 4) is 0 Å². The summed E-state index contributed by atoms with van der Waals surface area (Å²) < 4.78 is 53.1. The largest absolute Gasteiger partial charge is 0.207 e. The van der Waals surface area contributed by atoms with Gasteiger partial charge >= 0.3 is 0 Å². The van der Waals surface area contributed by atoms with Gasteiger partial charge in [-0.25, -0.2) is 17.6 Å². The molecule has 0 amide bonds. The topological polar surface area (TPSA) is 0 Å². The van der Waals surface area contributed by atoms with Crippen molar-refractivity contribution in [1.82, 2.24) is 0 Å². The summed E-state index contributed by atoms with van der Waals surface area (Å²) in [7, 11) is 0. The molecule has 0 radical (unpaired) electrons. The summed E-state index contributed by atoms with van der Waals surface area (Å²) in [5.41, 5.74) is 0.442. The summed E-state index contributed by atoms with van der Waals surface area (Å²) in [6.07, 6.45) is 0. The molecular formula is C13H6Br2F4. The Balaban J connectivity index is 2.49. The molecule has 19 heavy (non-hydrogen) atoms. The van der Waals surface area contributed by atoms with Gasteiger partial charge in [0.2, 0.25) is 0 Å². The number of halogens is 6. The molecular weight excluding hydrogens is 392 g/mol. The summed E-state index contributed by atoms with van der Waals surface area (Å²) in [5, 5.41) is 0. The smallest absolute Gasteiger partial charge is 0.161 e. The van der Waals surface area contributed by atoms with Crippen LogP contribution in [0.3, 0.4) is 0 Å². The van der Waals surface area contributed by atoms with Crippen LogP contribution in [0.25, 0.3) is 0 Å². The van der Waals surface area contributed by atoms with Crippen molar-refractivity contribution in [1.29, 1.82) is 0 Å². The van der Waals surface area contributed by atoms with Crippen molar-refractivity contribution in [2.75, 3.05) is 0 Å². The normalized spacial score (nSPS) is 12.5. The SMILES string of the molecule is Fc1ccc(C(Br)c2cc(F)c(F)cc2F)c(Br)c1. The van der Waals surface area contributed by atoms with Crippen LogP contribution in [0.4, 0.5) is 17.6 Å². The molecule has 100 valence electrons. The summed E-state index contributed by atoms with van der Waals surface area (Å²) in [5.74, 6) is -3.73. The van der Waals surface area contributed by atoms with E-state index in [9.17, 15) is 17.6 Å². The van der Waals surface area contributed by atoms with E-state index in [1.54, 1.807) is 0 Å². The van der Waals surface area contributed by atoms with Crippen molar-refractivity contribution in [2.45, 2.75) is 4.83 Å². The zero-order chi connectivity index (χ0) is 14.2.